The Hall–Kier alpha value is -2.82. The molecule has 2 aliphatic rings. The molecular formula is C23H19ClF3N5OS. The molecule has 1 fully saturated rings. The molecule has 34 heavy (non-hydrogen) atoms. The van der Waals surface area contributed by atoms with Crippen LogP contribution in [0.2, 0.25) is 5.02 Å². The lowest BCUT2D eigenvalue weighted by Crippen LogP contribution is -2.47. The molecule has 1 amide bonds. The number of nitrogens with one attached hydrogen (secondary N) is 2. The van der Waals surface area contributed by atoms with Crippen molar-refractivity contribution in [1.82, 2.24) is 20.4 Å². The van der Waals surface area contributed by atoms with E-state index in [2.05, 4.69) is 20.7 Å². The number of amidine groups is 1. The zero-order chi connectivity index (χ0) is 23.9. The molecule has 2 N–H and O–H groups in total. The Balaban J connectivity index is 1.33. The Kier molecular flexibility index (Phi) is 6.13. The minimum Gasteiger partial charge on any atom is -0.364 e. The van der Waals surface area contributed by atoms with E-state index in [-0.39, 0.29) is 23.0 Å². The van der Waals surface area contributed by atoms with Gasteiger partial charge in [-0.3, -0.25) is 9.48 Å². The zero-order valence-corrected chi connectivity index (χ0v) is 19.3. The SMILES string of the molecule is O=C1N=C(NCC2CNC2)S/C1=C\c1ccc2c(cnn2Cc2ccc(Cl)cc2C(F)(F)F)c1. The summed E-state index contributed by atoms with van der Waals surface area (Å²) in [6.45, 7) is 2.65. The monoisotopic (exact) mass is 505 g/mol. The molecule has 0 spiro atoms. The number of benzene rings is 2. The van der Waals surface area contributed by atoms with Gasteiger partial charge in [0.25, 0.3) is 5.91 Å². The molecule has 5 rings (SSSR count). The Morgan fingerprint density at radius 1 is 1.24 bits per heavy atom. The Morgan fingerprint density at radius 2 is 2.06 bits per heavy atom. The summed E-state index contributed by atoms with van der Waals surface area (Å²) in [4.78, 5) is 16.9. The van der Waals surface area contributed by atoms with Gasteiger partial charge < -0.3 is 10.6 Å². The number of halogens is 4. The van der Waals surface area contributed by atoms with Gasteiger partial charge in [0.15, 0.2) is 5.17 Å². The first-order valence-electron chi connectivity index (χ1n) is 10.5. The van der Waals surface area contributed by atoms with Gasteiger partial charge in [-0.25, -0.2) is 0 Å². The number of carbonyl (C=O) groups is 1. The van der Waals surface area contributed by atoms with Crippen molar-refractivity contribution in [3.63, 3.8) is 0 Å². The maximum absolute atomic E-state index is 13.4. The first-order chi connectivity index (χ1) is 16.3. The molecule has 2 aliphatic heterocycles. The van der Waals surface area contributed by atoms with E-state index in [4.69, 9.17) is 11.6 Å². The van der Waals surface area contributed by atoms with Crippen molar-refractivity contribution in [2.45, 2.75) is 12.7 Å². The molecule has 0 aliphatic carbocycles. The highest BCUT2D eigenvalue weighted by Crippen LogP contribution is 2.34. The van der Waals surface area contributed by atoms with Crippen LogP contribution in [0.4, 0.5) is 13.2 Å². The predicted molar refractivity (Wildman–Crippen MR) is 128 cm³/mol. The molecule has 1 saturated heterocycles. The van der Waals surface area contributed by atoms with Gasteiger partial charge in [0, 0.05) is 36.0 Å². The number of aromatic nitrogens is 2. The summed E-state index contributed by atoms with van der Waals surface area (Å²) in [5, 5.41) is 12.1. The standard InChI is InChI=1S/C23H19ClF3N5OS/c24-17-3-2-15(18(7-17)23(25,26)27)12-32-19-4-1-13(5-16(19)11-30-32)6-20-21(33)31-22(34-20)29-10-14-8-28-9-14/h1-7,11,14,28H,8-10,12H2,(H,29,31,33)/b20-6-. The second-order valence-corrected chi connectivity index (χ2v) is 9.62. The number of hydrogen-bond acceptors (Lipinski definition) is 5. The van der Waals surface area contributed by atoms with Crippen molar-refractivity contribution in [1.29, 1.82) is 0 Å². The molecule has 1 aromatic heterocycles. The average molecular weight is 506 g/mol. The second-order valence-electron chi connectivity index (χ2n) is 8.16. The van der Waals surface area contributed by atoms with Gasteiger partial charge in [-0.15, -0.1) is 0 Å². The number of amides is 1. The van der Waals surface area contributed by atoms with E-state index >= 15 is 0 Å². The van der Waals surface area contributed by atoms with Crippen LogP contribution >= 0.6 is 23.4 Å². The molecule has 0 bridgehead atoms. The summed E-state index contributed by atoms with van der Waals surface area (Å²) < 4.78 is 41.8. The van der Waals surface area contributed by atoms with Crippen LogP contribution < -0.4 is 10.6 Å². The molecule has 0 radical (unpaired) electrons. The lowest BCUT2D eigenvalue weighted by molar-refractivity contribution is -0.138. The van der Waals surface area contributed by atoms with Crippen LogP contribution in [0.3, 0.4) is 0 Å². The molecule has 11 heteroatoms. The Labute approximate surface area is 202 Å². The van der Waals surface area contributed by atoms with Crippen LogP contribution in [-0.2, 0) is 17.5 Å². The van der Waals surface area contributed by atoms with E-state index in [1.165, 1.54) is 28.6 Å². The third kappa shape index (κ3) is 4.84. The van der Waals surface area contributed by atoms with E-state index in [0.717, 1.165) is 36.7 Å². The maximum Gasteiger partial charge on any atom is 0.416 e. The van der Waals surface area contributed by atoms with Crippen molar-refractivity contribution < 1.29 is 18.0 Å². The average Bonchev–Trinajstić information content (AvgIpc) is 3.30. The van der Waals surface area contributed by atoms with E-state index in [1.807, 2.05) is 6.07 Å². The van der Waals surface area contributed by atoms with Crippen LogP contribution in [0.25, 0.3) is 17.0 Å². The van der Waals surface area contributed by atoms with Crippen LogP contribution in [0.15, 0.2) is 52.5 Å². The number of hydrogen-bond donors (Lipinski definition) is 2. The van der Waals surface area contributed by atoms with Crippen LogP contribution in [-0.4, -0.2) is 40.5 Å². The molecule has 3 heterocycles. The van der Waals surface area contributed by atoms with Gasteiger partial charge in [-0.05, 0) is 53.2 Å². The Morgan fingerprint density at radius 3 is 2.79 bits per heavy atom. The van der Waals surface area contributed by atoms with Crippen molar-refractivity contribution in [3.8, 4) is 0 Å². The first-order valence-corrected chi connectivity index (χ1v) is 11.7. The third-order valence-corrected chi connectivity index (χ3v) is 6.87. The summed E-state index contributed by atoms with van der Waals surface area (Å²) in [6, 6.07) is 9.17. The van der Waals surface area contributed by atoms with Gasteiger partial charge in [0.05, 0.1) is 28.7 Å². The summed E-state index contributed by atoms with van der Waals surface area (Å²) >= 11 is 7.08. The molecule has 176 valence electrons. The normalized spacial score (nSPS) is 17.9. The number of fused-ring (bicyclic) bond motifs is 1. The first kappa shape index (κ1) is 22.9. The van der Waals surface area contributed by atoms with Crippen molar-refractivity contribution in [2.24, 2.45) is 10.9 Å². The quantitative estimate of drug-likeness (QED) is 0.498. The molecule has 3 aromatic rings. The second kappa shape index (κ2) is 9.09. The van der Waals surface area contributed by atoms with Crippen LogP contribution in [0.1, 0.15) is 16.7 Å². The fourth-order valence-corrected chi connectivity index (χ4v) is 4.79. The van der Waals surface area contributed by atoms with Gasteiger partial charge in [0.2, 0.25) is 0 Å². The molecule has 0 atom stereocenters. The predicted octanol–water partition coefficient (Wildman–Crippen LogP) is 4.54. The zero-order valence-electron chi connectivity index (χ0n) is 17.7. The molecule has 2 aromatic carbocycles. The van der Waals surface area contributed by atoms with Crippen molar-refractivity contribution in [2.75, 3.05) is 19.6 Å². The number of aliphatic imine (C=N–C) groups is 1. The maximum atomic E-state index is 13.4. The van der Waals surface area contributed by atoms with Gasteiger partial charge in [-0.1, -0.05) is 23.7 Å². The van der Waals surface area contributed by atoms with Gasteiger partial charge in [-0.2, -0.15) is 23.3 Å². The fourth-order valence-electron chi connectivity index (χ4n) is 3.79. The smallest absolute Gasteiger partial charge is 0.364 e. The molecule has 0 unspecified atom stereocenters. The summed E-state index contributed by atoms with van der Waals surface area (Å²) in [7, 11) is 0. The van der Waals surface area contributed by atoms with Crippen LogP contribution in [0.5, 0.6) is 0 Å². The van der Waals surface area contributed by atoms with Crippen LogP contribution in [0, 0.1) is 5.92 Å². The lowest BCUT2D eigenvalue weighted by atomic mass is 10.0. The summed E-state index contributed by atoms with van der Waals surface area (Å²) in [5.74, 6) is 0.253. The number of thioether (sulfide) groups is 1. The highest BCUT2D eigenvalue weighted by molar-refractivity contribution is 8.18. The minimum atomic E-state index is -4.52. The number of nitrogens with zero attached hydrogens (tertiary/aromatic N) is 3. The topological polar surface area (TPSA) is 71.3 Å². The number of alkyl halides is 3. The van der Waals surface area contributed by atoms with Gasteiger partial charge in [0.1, 0.15) is 0 Å². The highest BCUT2D eigenvalue weighted by atomic mass is 35.5. The Bertz CT molecular complexity index is 1330. The van der Waals surface area contributed by atoms with E-state index < -0.39 is 11.7 Å². The summed E-state index contributed by atoms with van der Waals surface area (Å²) in [6.07, 6.45) is -1.16. The van der Waals surface area contributed by atoms with E-state index in [1.54, 1.807) is 24.4 Å². The van der Waals surface area contributed by atoms with Crippen molar-refractivity contribution >= 4 is 51.4 Å². The van der Waals surface area contributed by atoms with E-state index in [9.17, 15) is 18.0 Å². The van der Waals surface area contributed by atoms with Crippen molar-refractivity contribution in [3.05, 3.63) is 69.2 Å². The van der Waals surface area contributed by atoms with Gasteiger partial charge >= 0.3 is 6.18 Å². The summed E-state index contributed by atoms with van der Waals surface area (Å²) in [5.41, 5.74) is 0.768. The number of carbonyl (C=O) groups excluding carboxylic acids is 1. The largest absolute Gasteiger partial charge is 0.416 e. The highest BCUT2D eigenvalue weighted by Gasteiger charge is 2.33. The molecule has 0 saturated carbocycles. The lowest BCUT2D eigenvalue weighted by Gasteiger charge is -2.27. The fraction of sp³-hybridized carbons (Fsp3) is 0.261. The van der Waals surface area contributed by atoms with E-state index in [0.29, 0.717) is 21.5 Å². The molecular weight excluding hydrogens is 487 g/mol. The number of rotatable bonds is 5. The minimum absolute atomic E-state index is 0.0285. The molecule has 6 nitrogen and oxygen atoms in total. The third-order valence-electron chi connectivity index (χ3n) is 5.69.